The topological polar surface area (TPSA) is 69.7 Å². The van der Waals surface area contributed by atoms with Gasteiger partial charge in [0.1, 0.15) is 0 Å². The lowest BCUT2D eigenvalue weighted by molar-refractivity contribution is -0.130. The number of hydrogen-bond donors (Lipinski definition) is 1. The summed E-state index contributed by atoms with van der Waals surface area (Å²) in [5.41, 5.74) is 1.67. The van der Waals surface area contributed by atoms with Crippen molar-refractivity contribution in [2.24, 2.45) is 0 Å². The summed E-state index contributed by atoms with van der Waals surface area (Å²) in [4.78, 5) is 14.0. The first-order valence-electron chi connectivity index (χ1n) is 8.63. The van der Waals surface area contributed by atoms with E-state index in [9.17, 15) is 13.2 Å². The number of piperazine rings is 1. The first kappa shape index (κ1) is 21.2. The van der Waals surface area contributed by atoms with Crippen LogP contribution in [0.25, 0.3) is 0 Å². The van der Waals surface area contributed by atoms with Crippen molar-refractivity contribution < 1.29 is 13.2 Å². The quantitative estimate of drug-likeness (QED) is 0.794. The first-order chi connectivity index (χ1) is 12.5. The van der Waals surface area contributed by atoms with Gasteiger partial charge in [-0.1, -0.05) is 48.5 Å². The summed E-state index contributed by atoms with van der Waals surface area (Å²) >= 11 is 0. The minimum Gasteiger partial charge on any atom is -0.376 e. The Kier molecular flexibility index (Phi) is 7.65. The van der Waals surface area contributed by atoms with Crippen molar-refractivity contribution >= 4 is 34.0 Å². The zero-order chi connectivity index (χ0) is 18.4. The smallest absolute Gasteiger partial charge is 0.241 e. The van der Waals surface area contributed by atoms with E-state index in [1.165, 1.54) is 4.31 Å². The molecule has 0 bridgehead atoms. The number of hydrogen-bond acceptors (Lipinski definition) is 4. The number of anilines is 1. The van der Waals surface area contributed by atoms with E-state index >= 15 is 0 Å². The van der Waals surface area contributed by atoms with E-state index in [0.29, 0.717) is 26.2 Å². The van der Waals surface area contributed by atoms with Gasteiger partial charge < -0.3 is 10.2 Å². The summed E-state index contributed by atoms with van der Waals surface area (Å²) in [6.07, 6.45) is 0. The van der Waals surface area contributed by atoms with Crippen LogP contribution >= 0.6 is 12.4 Å². The Labute approximate surface area is 166 Å². The number of para-hydroxylation sites is 1. The molecule has 1 heterocycles. The van der Waals surface area contributed by atoms with Crippen molar-refractivity contribution in [3.63, 3.8) is 0 Å². The third-order valence-electron chi connectivity index (χ3n) is 4.39. The molecule has 2 aromatic rings. The first-order valence-corrected chi connectivity index (χ1v) is 10.2. The molecule has 146 valence electrons. The van der Waals surface area contributed by atoms with Crippen LogP contribution < -0.4 is 5.32 Å². The predicted octanol–water partition coefficient (Wildman–Crippen LogP) is 2.19. The fourth-order valence-corrected chi connectivity index (χ4v) is 4.45. The van der Waals surface area contributed by atoms with Gasteiger partial charge >= 0.3 is 0 Å². The molecular weight excluding hydrogens is 386 g/mol. The van der Waals surface area contributed by atoms with Gasteiger partial charge in [0.15, 0.2) is 0 Å². The van der Waals surface area contributed by atoms with E-state index < -0.39 is 10.0 Å². The Morgan fingerprint density at radius 1 is 0.889 bits per heavy atom. The van der Waals surface area contributed by atoms with Crippen LogP contribution in [0.15, 0.2) is 60.7 Å². The highest BCUT2D eigenvalue weighted by molar-refractivity contribution is 7.88. The Hall–Kier alpha value is -2.09. The van der Waals surface area contributed by atoms with Crippen molar-refractivity contribution in [2.45, 2.75) is 5.75 Å². The number of halogens is 1. The van der Waals surface area contributed by atoms with Crippen molar-refractivity contribution in [3.8, 4) is 0 Å². The molecule has 0 aromatic heterocycles. The van der Waals surface area contributed by atoms with Gasteiger partial charge in [-0.15, -0.1) is 12.4 Å². The van der Waals surface area contributed by atoms with Crippen molar-refractivity contribution in [1.82, 2.24) is 9.21 Å². The van der Waals surface area contributed by atoms with Gasteiger partial charge in [0.2, 0.25) is 15.9 Å². The van der Waals surface area contributed by atoms with E-state index in [1.807, 2.05) is 60.7 Å². The molecule has 3 rings (SSSR count). The second-order valence-electron chi connectivity index (χ2n) is 6.24. The number of nitrogens with one attached hydrogen (secondary N) is 1. The van der Waals surface area contributed by atoms with Crippen LogP contribution in [-0.2, 0) is 20.6 Å². The molecule has 1 aliphatic heterocycles. The maximum atomic E-state index is 12.6. The molecule has 0 spiro atoms. The maximum absolute atomic E-state index is 12.6. The van der Waals surface area contributed by atoms with E-state index in [4.69, 9.17) is 0 Å². The van der Waals surface area contributed by atoms with Crippen LogP contribution in [0.2, 0.25) is 0 Å². The average Bonchev–Trinajstić information content (AvgIpc) is 2.67. The van der Waals surface area contributed by atoms with Crippen LogP contribution in [-0.4, -0.2) is 56.3 Å². The minimum atomic E-state index is -3.36. The molecule has 27 heavy (non-hydrogen) atoms. The standard InChI is InChI=1S/C19H23N3O3S.ClH/c23-19(15-20-18-9-5-2-6-10-18)21-11-13-22(14-12-21)26(24,25)16-17-7-3-1-4-8-17;/h1-10,20H,11-16H2;1H. The normalized spacial score (nSPS) is 15.0. The molecule has 1 saturated heterocycles. The number of sulfonamides is 1. The van der Waals surface area contributed by atoms with Gasteiger partial charge in [-0.3, -0.25) is 4.79 Å². The van der Waals surface area contributed by atoms with E-state index in [0.717, 1.165) is 11.3 Å². The number of carbonyl (C=O) groups is 1. The predicted molar refractivity (Wildman–Crippen MR) is 109 cm³/mol. The van der Waals surface area contributed by atoms with Gasteiger partial charge in [0.05, 0.1) is 12.3 Å². The van der Waals surface area contributed by atoms with Gasteiger partial charge in [0, 0.05) is 31.9 Å². The van der Waals surface area contributed by atoms with Crippen LogP contribution in [0.3, 0.4) is 0 Å². The van der Waals surface area contributed by atoms with E-state index in [1.54, 1.807) is 4.90 Å². The average molecular weight is 410 g/mol. The monoisotopic (exact) mass is 409 g/mol. The lowest BCUT2D eigenvalue weighted by atomic mass is 10.2. The summed E-state index contributed by atoms with van der Waals surface area (Å²) in [5.74, 6) is -0.0221. The molecule has 1 aliphatic rings. The van der Waals surface area contributed by atoms with Gasteiger partial charge in [0.25, 0.3) is 0 Å². The van der Waals surface area contributed by atoms with Crippen molar-refractivity contribution in [1.29, 1.82) is 0 Å². The van der Waals surface area contributed by atoms with Crippen molar-refractivity contribution in [2.75, 3.05) is 38.0 Å². The minimum absolute atomic E-state index is 0. The summed E-state index contributed by atoms with van der Waals surface area (Å²) in [6.45, 7) is 1.73. The van der Waals surface area contributed by atoms with Crippen LogP contribution in [0.1, 0.15) is 5.56 Å². The van der Waals surface area contributed by atoms with Gasteiger partial charge in [-0.2, -0.15) is 4.31 Å². The lowest BCUT2D eigenvalue weighted by Gasteiger charge is -2.34. The Morgan fingerprint density at radius 2 is 1.44 bits per heavy atom. The molecule has 1 fully saturated rings. The molecule has 8 heteroatoms. The molecule has 2 aromatic carbocycles. The van der Waals surface area contributed by atoms with E-state index in [-0.39, 0.29) is 30.6 Å². The maximum Gasteiger partial charge on any atom is 0.241 e. The fourth-order valence-electron chi connectivity index (χ4n) is 2.94. The highest BCUT2D eigenvalue weighted by Gasteiger charge is 2.28. The SMILES string of the molecule is Cl.O=C(CNc1ccccc1)N1CCN(S(=O)(=O)Cc2ccccc2)CC1. The van der Waals surface area contributed by atoms with Crippen LogP contribution in [0.5, 0.6) is 0 Å². The van der Waals surface area contributed by atoms with E-state index in [2.05, 4.69) is 5.32 Å². The molecule has 0 radical (unpaired) electrons. The van der Waals surface area contributed by atoms with Crippen molar-refractivity contribution in [3.05, 3.63) is 66.2 Å². The summed E-state index contributed by atoms with van der Waals surface area (Å²) < 4.78 is 26.6. The Balaban J connectivity index is 0.00000261. The molecule has 1 amide bonds. The second kappa shape index (κ2) is 9.73. The lowest BCUT2D eigenvalue weighted by Crippen LogP contribution is -2.51. The van der Waals surface area contributed by atoms with Gasteiger partial charge in [-0.25, -0.2) is 8.42 Å². The number of benzene rings is 2. The largest absolute Gasteiger partial charge is 0.376 e. The molecule has 0 unspecified atom stereocenters. The fraction of sp³-hybridized carbons (Fsp3) is 0.316. The second-order valence-corrected chi connectivity index (χ2v) is 8.21. The summed E-state index contributed by atoms with van der Waals surface area (Å²) in [6, 6.07) is 18.7. The van der Waals surface area contributed by atoms with Crippen LogP contribution in [0, 0.1) is 0 Å². The van der Waals surface area contributed by atoms with Crippen LogP contribution in [0.4, 0.5) is 5.69 Å². The number of amides is 1. The number of nitrogens with zero attached hydrogens (tertiary/aromatic N) is 2. The number of carbonyl (C=O) groups excluding carboxylic acids is 1. The molecular formula is C19H24ClN3O3S. The highest BCUT2D eigenvalue weighted by Crippen LogP contribution is 2.14. The molecule has 1 N–H and O–H groups in total. The molecule has 0 aliphatic carbocycles. The highest BCUT2D eigenvalue weighted by atomic mass is 35.5. The zero-order valence-electron chi connectivity index (χ0n) is 15.0. The summed E-state index contributed by atoms with van der Waals surface area (Å²) in [7, 11) is -3.36. The Morgan fingerprint density at radius 3 is 2.04 bits per heavy atom. The third kappa shape index (κ3) is 5.95. The Bertz CT molecular complexity index is 824. The molecule has 0 atom stereocenters. The number of rotatable bonds is 6. The molecule has 0 saturated carbocycles. The zero-order valence-corrected chi connectivity index (χ0v) is 16.6. The molecule has 6 nitrogen and oxygen atoms in total. The van der Waals surface area contributed by atoms with Gasteiger partial charge in [-0.05, 0) is 17.7 Å². The third-order valence-corrected chi connectivity index (χ3v) is 6.24. The summed E-state index contributed by atoms with van der Waals surface area (Å²) in [5, 5.41) is 3.09.